The van der Waals surface area contributed by atoms with Crippen LogP contribution in [0, 0.1) is 13.8 Å². The van der Waals surface area contributed by atoms with Gasteiger partial charge < -0.3 is 8.83 Å². The molecule has 0 unspecified atom stereocenters. The Balaban J connectivity index is 1.80. The highest BCUT2D eigenvalue weighted by Gasteiger charge is 2.19. The summed E-state index contributed by atoms with van der Waals surface area (Å²) >= 11 is 0. The third kappa shape index (κ3) is 1.97. The molecule has 0 spiro atoms. The summed E-state index contributed by atoms with van der Waals surface area (Å²) in [4.78, 5) is 0. The lowest BCUT2D eigenvalue weighted by molar-refractivity contribution is 0.633. The van der Waals surface area contributed by atoms with Crippen LogP contribution in [0.4, 0.5) is 0 Å². The van der Waals surface area contributed by atoms with Crippen LogP contribution in [0.3, 0.4) is 0 Å². The van der Waals surface area contributed by atoms with Gasteiger partial charge in [-0.25, -0.2) is 0 Å². The molecular formula is C26H18O2. The van der Waals surface area contributed by atoms with E-state index in [4.69, 9.17) is 8.83 Å². The predicted octanol–water partition coefficient (Wildman–Crippen LogP) is 7.77. The molecule has 6 aromatic rings. The van der Waals surface area contributed by atoms with Crippen LogP contribution in [-0.4, -0.2) is 0 Å². The molecule has 0 saturated carbocycles. The zero-order valence-electron chi connectivity index (χ0n) is 15.7. The molecule has 2 nitrogen and oxygen atoms in total. The minimum atomic E-state index is 0.822. The molecule has 0 atom stereocenters. The van der Waals surface area contributed by atoms with Gasteiger partial charge >= 0.3 is 0 Å². The molecule has 4 aromatic carbocycles. The summed E-state index contributed by atoms with van der Waals surface area (Å²) in [6, 6.07) is 25.3. The van der Waals surface area contributed by atoms with Crippen LogP contribution in [0.15, 0.2) is 81.6 Å². The van der Waals surface area contributed by atoms with Gasteiger partial charge in [0.05, 0.1) is 0 Å². The SMILES string of the molecule is Cc1ccccc1-c1c(C)ccc2c1oc1c2ccc2c3ccccc3oc21. The van der Waals surface area contributed by atoms with E-state index in [1.54, 1.807) is 0 Å². The fraction of sp³-hybridized carbons (Fsp3) is 0.0769. The molecule has 0 amide bonds. The molecule has 28 heavy (non-hydrogen) atoms. The zero-order valence-corrected chi connectivity index (χ0v) is 15.7. The molecule has 2 heteroatoms. The van der Waals surface area contributed by atoms with E-state index in [1.165, 1.54) is 16.7 Å². The van der Waals surface area contributed by atoms with E-state index in [-0.39, 0.29) is 0 Å². The minimum absolute atomic E-state index is 0.822. The fourth-order valence-corrected chi connectivity index (χ4v) is 4.37. The van der Waals surface area contributed by atoms with Crippen molar-refractivity contribution >= 4 is 43.9 Å². The van der Waals surface area contributed by atoms with Gasteiger partial charge in [0.2, 0.25) is 0 Å². The summed E-state index contributed by atoms with van der Waals surface area (Å²) in [6.45, 7) is 4.29. The third-order valence-corrected chi connectivity index (χ3v) is 5.78. The standard InChI is InChI=1S/C26H18O2/c1-15-7-3-4-8-17(15)23-16(2)11-12-20-21-14-13-19-18-9-5-6-10-22(18)27-25(19)26(21)28-24(20)23/h3-14H,1-2H3. The van der Waals surface area contributed by atoms with Gasteiger partial charge in [-0.3, -0.25) is 0 Å². The van der Waals surface area contributed by atoms with Crippen LogP contribution in [0.2, 0.25) is 0 Å². The monoisotopic (exact) mass is 362 g/mol. The maximum absolute atomic E-state index is 6.52. The van der Waals surface area contributed by atoms with Crippen molar-refractivity contribution in [2.45, 2.75) is 13.8 Å². The Labute approximate surface area is 162 Å². The molecule has 0 aliphatic carbocycles. The maximum Gasteiger partial charge on any atom is 0.178 e. The topological polar surface area (TPSA) is 26.3 Å². The molecular weight excluding hydrogens is 344 g/mol. The van der Waals surface area contributed by atoms with Gasteiger partial charge in [-0.2, -0.15) is 0 Å². The van der Waals surface area contributed by atoms with E-state index in [1.807, 2.05) is 18.2 Å². The van der Waals surface area contributed by atoms with Gasteiger partial charge in [-0.1, -0.05) is 54.6 Å². The Morgan fingerprint density at radius 2 is 1.14 bits per heavy atom. The summed E-state index contributed by atoms with van der Waals surface area (Å²) < 4.78 is 12.7. The summed E-state index contributed by atoms with van der Waals surface area (Å²) in [5.41, 5.74) is 8.29. The van der Waals surface area contributed by atoms with Crippen molar-refractivity contribution in [3.63, 3.8) is 0 Å². The van der Waals surface area contributed by atoms with Crippen LogP contribution in [0.5, 0.6) is 0 Å². The molecule has 0 aliphatic heterocycles. The Kier molecular flexibility index (Phi) is 3.05. The number of para-hydroxylation sites is 1. The Hall–Kier alpha value is -3.52. The van der Waals surface area contributed by atoms with E-state index in [0.717, 1.165) is 49.4 Å². The number of rotatable bonds is 1. The van der Waals surface area contributed by atoms with Gasteiger partial charge in [0.15, 0.2) is 11.2 Å². The highest BCUT2D eigenvalue weighted by atomic mass is 16.4. The summed E-state index contributed by atoms with van der Waals surface area (Å²) in [6.07, 6.45) is 0. The van der Waals surface area contributed by atoms with E-state index in [2.05, 4.69) is 68.4 Å². The average Bonchev–Trinajstić information content (AvgIpc) is 3.27. The zero-order chi connectivity index (χ0) is 18.8. The quantitative estimate of drug-likeness (QED) is 0.299. The number of furan rings is 2. The molecule has 0 saturated heterocycles. The first-order valence-electron chi connectivity index (χ1n) is 9.54. The molecule has 2 aromatic heterocycles. The molecule has 0 aliphatic rings. The lowest BCUT2D eigenvalue weighted by atomic mass is 9.94. The van der Waals surface area contributed by atoms with Gasteiger partial charge in [0, 0.05) is 27.1 Å². The van der Waals surface area contributed by atoms with Crippen LogP contribution in [-0.2, 0) is 0 Å². The summed E-state index contributed by atoms with van der Waals surface area (Å²) in [5.74, 6) is 0. The van der Waals surface area contributed by atoms with Crippen LogP contribution in [0.1, 0.15) is 11.1 Å². The van der Waals surface area contributed by atoms with Crippen LogP contribution < -0.4 is 0 Å². The van der Waals surface area contributed by atoms with Crippen molar-refractivity contribution in [2.75, 3.05) is 0 Å². The van der Waals surface area contributed by atoms with E-state index in [9.17, 15) is 0 Å². The number of benzene rings is 4. The normalized spacial score (nSPS) is 11.9. The Bertz CT molecular complexity index is 1530. The molecule has 0 bridgehead atoms. The van der Waals surface area contributed by atoms with Gasteiger partial charge in [0.1, 0.15) is 11.2 Å². The van der Waals surface area contributed by atoms with Crippen molar-refractivity contribution in [1.29, 1.82) is 0 Å². The highest BCUT2D eigenvalue weighted by Crippen LogP contribution is 2.42. The lowest BCUT2D eigenvalue weighted by Crippen LogP contribution is -1.87. The number of aryl methyl sites for hydroxylation is 2. The summed E-state index contributed by atoms with van der Waals surface area (Å²) in [7, 11) is 0. The van der Waals surface area contributed by atoms with E-state index >= 15 is 0 Å². The molecule has 0 N–H and O–H groups in total. The largest absolute Gasteiger partial charge is 0.452 e. The first-order valence-corrected chi connectivity index (χ1v) is 9.54. The van der Waals surface area contributed by atoms with E-state index < -0.39 is 0 Å². The first kappa shape index (κ1) is 15.5. The summed E-state index contributed by atoms with van der Waals surface area (Å²) in [5, 5.41) is 4.43. The Morgan fingerprint density at radius 3 is 2.00 bits per heavy atom. The molecule has 0 fully saturated rings. The molecule has 0 radical (unpaired) electrons. The van der Waals surface area contributed by atoms with E-state index in [0.29, 0.717) is 0 Å². The smallest absolute Gasteiger partial charge is 0.178 e. The van der Waals surface area contributed by atoms with Gasteiger partial charge in [-0.05, 0) is 48.7 Å². The van der Waals surface area contributed by atoms with Crippen molar-refractivity contribution in [1.82, 2.24) is 0 Å². The number of fused-ring (bicyclic) bond motifs is 7. The second-order valence-electron chi connectivity index (χ2n) is 7.47. The molecule has 2 heterocycles. The van der Waals surface area contributed by atoms with Crippen molar-refractivity contribution in [3.8, 4) is 11.1 Å². The Morgan fingerprint density at radius 1 is 0.500 bits per heavy atom. The lowest BCUT2D eigenvalue weighted by Gasteiger charge is -2.09. The third-order valence-electron chi connectivity index (χ3n) is 5.78. The first-order chi connectivity index (χ1) is 13.7. The molecule has 6 rings (SSSR count). The maximum atomic E-state index is 6.52. The van der Waals surface area contributed by atoms with Crippen LogP contribution in [0.25, 0.3) is 55.0 Å². The van der Waals surface area contributed by atoms with Crippen molar-refractivity contribution in [2.24, 2.45) is 0 Å². The van der Waals surface area contributed by atoms with Gasteiger partial charge in [0.25, 0.3) is 0 Å². The fourth-order valence-electron chi connectivity index (χ4n) is 4.37. The van der Waals surface area contributed by atoms with Crippen LogP contribution >= 0.6 is 0 Å². The number of hydrogen-bond donors (Lipinski definition) is 0. The van der Waals surface area contributed by atoms with Crippen molar-refractivity contribution in [3.05, 3.63) is 83.9 Å². The molecule has 134 valence electrons. The average molecular weight is 362 g/mol. The highest BCUT2D eigenvalue weighted by molar-refractivity contribution is 6.20. The van der Waals surface area contributed by atoms with Crippen molar-refractivity contribution < 1.29 is 8.83 Å². The predicted molar refractivity (Wildman–Crippen MR) is 116 cm³/mol. The minimum Gasteiger partial charge on any atom is -0.452 e. The second-order valence-corrected chi connectivity index (χ2v) is 7.47. The second kappa shape index (κ2) is 5.49. The van der Waals surface area contributed by atoms with Gasteiger partial charge in [-0.15, -0.1) is 0 Å². The number of hydrogen-bond acceptors (Lipinski definition) is 2.